The number of ether oxygens (including phenoxy) is 2. The largest absolute Gasteiger partial charge is 0.490 e. The Morgan fingerprint density at radius 2 is 1.96 bits per heavy atom. The van der Waals surface area contributed by atoms with Gasteiger partial charge >= 0.3 is 0 Å². The fraction of sp³-hybridized carbons (Fsp3) is 0.611. The van der Waals surface area contributed by atoms with Crippen molar-refractivity contribution in [2.24, 2.45) is 11.3 Å². The molecule has 25 heavy (non-hydrogen) atoms. The van der Waals surface area contributed by atoms with Crippen molar-refractivity contribution in [2.75, 3.05) is 24.7 Å². The molecule has 136 valence electrons. The molecule has 0 bridgehead atoms. The summed E-state index contributed by atoms with van der Waals surface area (Å²) in [7, 11) is -2.89. The second-order valence-corrected chi connectivity index (χ2v) is 9.59. The molecule has 2 fully saturated rings. The normalized spacial score (nSPS) is 25.8. The first-order valence-corrected chi connectivity index (χ1v) is 10.7. The first-order valence-electron chi connectivity index (χ1n) is 8.85. The third kappa shape index (κ3) is 3.34. The van der Waals surface area contributed by atoms with Gasteiger partial charge in [0.05, 0.1) is 24.7 Å². The van der Waals surface area contributed by atoms with Crippen LogP contribution in [0.4, 0.5) is 0 Å². The summed E-state index contributed by atoms with van der Waals surface area (Å²) < 4.78 is 34.6. The van der Waals surface area contributed by atoms with Crippen LogP contribution >= 0.6 is 0 Å². The Bertz CT molecular complexity index is 775. The van der Waals surface area contributed by atoms with Crippen LogP contribution in [-0.2, 0) is 21.2 Å². The van der Waals surface area contributed by atoms with E-state index in [4.69, 9.17) is 9.47 Å². The molecule has 1 spiro atoms. The molecule has 1 saturated heterocycles. The van der Waals surface area contributed by atoms with Crippen LogP contribution in [0, 0.1) is 11.3 Å². The number of amides is 1. The molecule has 4 rings (SSSR count). The average molecular weight is 365 g/mol. The van der Waals surface area contributed by atoms with Gasteiger partial charge in [0.2, 0.25) is 5.91 Å². The summed E-state index contributed by atoms with van der Waals surface area (Å²) >= 11 is 0. The monoisotopic (exact) mass is 365 g/mol. The molecule has 1 N–H and O–H groups in total. The van der Waals surface area contributed by atoms with Crippen molar-refractivity contribution in [2.45, 2.75) is 32.2 Å². The van der Waals surface area contributed by atoms with Crippen LogP contribution in [0.25, 0.3) is 0 Å². The van der Waals surface area contributed by atoms with Crippen molar-refractivity contribution >= 4 is 15.7 Å². The highest BCUT2D eigenvalue weighted by Gasteiger charge is 2.59. The number of fused-ring (bicyclic) bond motifs is 1. The van der Waals surface area contributed by atoms with E-state index in [1.54, 1.807) is 0 Å². The van der Waals surface area contributed by atoms with Crippen LogP contribution in [-0.4, -0.2) is 39.0 Å². The number of carbonyl (C=O) groups excluding carboxylic acids is 1. The predicted molar refractivity (Wildman–Crippen MR) is 92.3 cm³/mol. The van der Waals surface area contributed by atoms with Gasteiger partial charge in [-0.05, 0) is 30.7 Å². The fourth-order valence-electron chi connectivity index (χ4n) is 3.91. The predicted octanol–water partition coefficient (Wildman–Crippen LogP) is 1.68. The molecule has 0 unspecified atom stereocenters. The summed E-state index contributed by atoms with van der Waals surface area (Å²) in [6.45, 7) is 1.64. The Morgan fingerprint density at radius 1 is 1.20 bits per heavy atom. The third-order valence-corrected chi connectivity index (χ3v) is 7.29. The number of para-hydroxylation sites is 1. The second kappa shape index (κ2) is 6.20. The molecule has 6 nitrogen and oxygen atoms in total. The minimum absolute atomic E-state index is 0.0199. The van der Waals surface area contributed by atoms with Gasteiger partial charge < -0.3 is 14.8 Å². The highest BCUT2D eigenvalue weighted by atomic mass is 32.2. The number of sulfone groups is 1. The van der Waals surface area contributed by atoms with Crippen molar-refractivity contribution in [3.63, 3.8) is 0 Å². The van der Waals surface area contributed by atoms with E-state index in [-0.39, 0.29) is 28.7 Å². The SMILES string of the molecule is O=C(NCc1cccc2c1OCCCO2)[C@@H]1CC12CCS(=O)(=O)CC2. The average Bonchev–Trinajstić information content (AvgIpc) is 3.35. The highest BCUT2D eigenvalue weighted by molar-refractivity contribution is 7.91. The van der Waals surface area contributed by atoms with Crippen LogP contribution in [0.2, 0.25) is 0 Å². The van der Waals surface area contributed by atoms with Gasteiger partial charge in [0, 0.05) is 24.4 Å². The van der Waals surface area contributed by atoms with E-state index in [1.807, 2.05) is 18.2 Å². The van der Waals surface area contributed by atoms with Crippen molar-refractivity contribution in [1.82, 2.24) is 5.32 Å². The first-order chi connectivity index (χ1) is 12.0. The number of hydrogen-bond donors (Lipinski definition) is 1. The van der Waals surface area contributed by atoms with E-state index in [0.29, 0.717) is 32.6 Å². The van der Waals surface area contributed by atoms with E-state index in [9.17, 15) is 13.2 Å². The Kier molecular flexibility index (Phi) is 4.14. The van der Waals surface area contributed by atoms with Gasteiger partial charge in [0.15, 0.2) is 11.5 Å². The summed E-state index contributed by atoms with van der Waals surface area (Å²) in [6, 6.07) is 5.72. The molecule has 1 saturated carbocycles. The van der Waals surface area contributed by atoms with Gasteiger partial charge in [-0.1, -0.05) is 12.1 Å². The van der Waals surface area contributed by atoms with Crippen molar-refractivity contribution in [3.05, 3.63) is 23.8 Å². The third-order valence-electron chi connectivity index (χ3n) is 5.63. The molecule has 1 atom stereocenters. The van der Waals surface area contributed by atoms with E-state index < -0.39 is 9.84 Å². The molecule has 3 aliphatic rings. The van der Waals surface area contributed by atoms with Gasteiger partial charge in [-0.25, -0.2) is 8.42 Å². The number of benzene rings is 1. The number of hydrogen-bond acceptors (Lipinski definition) is 5. The molecule has 1 aromatic carbocycles. The van der Waals surface area contributed by atoms with Crippen LogP contribution in [0.15, 0.2) is 18.2 Å². The number of carbonyl (C=O) groups is 1. The van der Waals surface area contributed by atoms with Crippen molar-refractivity contribution in [3.8, 4) is 11.5 Å². The lowest BCUT2D eigenvalue weighted by molar-refractivity contribution is -0.123. The van der Waals surface area contributed by atoms with Gasteiger partial charge in [0.1, 0.15) is 9.84 Å². The van der Waals surface area contributed by atoms with Gasteiger partial charge in [-0.3, -0.25) is 4.79 Å². The highest BCUT2D eigenvalue weighted by Crippen LogP contribution is 2.59. The van der Waals surface area contributed by atoms with E-state index in [1.165, 1.54) is 0 Å². The first kappa shape index (κ1) is 16.7. The lowest BCUT2D eigenvalue weighted by Gasteiger charge is -2.22. The minimum atomic E-state index is -2.89. The summed E-state index contributed by atoms with van der Waals surface area (Å²) in [6.07, 6.45) is 2.88. The molecule has 1 aliphatic carbocycles. The zero-order chi connectivity index (χ0) is 17.5. The van der Waals surface area contributed by atoms with Crippen LogP contribution in [0.5, 0.6) is 11.5 Å². The zero-order valence-corrected chi connectivity index (χ0v) is 14.9. The molecule has 1 aromatic rings. The van der Waals surface area contributed by atoms with Gasteiger partial charge in [-0.15, -0.1) is 0 Å². The van der Waals surface area contributed by atoms with Crippen molar-refractivity contribution in [1.29, 1.82) is 0 Å². The molecule has 2 heterocycles. The van der Waals surface area contributed by atoms with E-state index in [0.717, 1.165) is 29.9 Å². The van der Waals surface area contributed by atoms with E-state index >= 15 is 0 Å². The van der Waals surface area contributed by atoms with Crippen LogP contribution in [0.3, 0.4) is 0 Å². The summed E-state index contributed by atoms with van der Waals surface area (Å²) in [5, 5.41) is 3.00. The summed E-state index contributed by atoms with van der Waals surface area (Å²) in [5.74, 6) is 1.84. The maximum absolute atomic E-state index is 12.5. The second-order valence-electron chi connectivity index (χ2n) is 7.28. The quantitative estimate of drug-likeness (QED) is 0.881. The Balaban J connectivity index is 1.38. The standard InChI is InChI=1S/C18H23NO5S/c20-17(14-11-18(14)5-9-25(21,22)10-6-18)19-12-13-3-1-4-15-16(13)24-8-2-7-23-15/h1,3-4,14H,2,5-12H2,(H,19,20)/t14-/m0/s1. The molecule has 0 aromatic heterocycles. The lowest BCUT2D eigenvalue weighted by atomic mass is 9.96. The fourth-order valence-corrected chi connectivity index (χ4v) is 5.55. The molecular formula is C18H23NO5S. The molecular weight excluding hydrogens is 342 g/mol. The molecule has 7 heteroatoms. The smallest absolute Gasteiger partial charge is 0.223 e. The number of rotatable bonds is 3. The van der Waals surface area contributed by atoms with Crippen molar-refractivity contribution < 1.29 is 22.7 Å². The van der Waals surface area contributed by atoms with Gasteiger partial charge in [-0.2, -0.15) is 0 Å². The van der Waals surface area contributed by atoms with Gasteiger partial charge in [0.25, 0.3) is 0 Å². The molecule has 1 amide bonds. The van der Waals surface area contributed by atoms with E-state index in [2.05, 4.69) is 5.32 Å². The maximum atomic E-state index is 12.5. The summed E-state index contributed by atoms with van der Waals surface area (Å²) in [4.78, 5) is 12.5. The summed E-state index contributed by atoms with van der Waals surface area (Å²) in [5.41, 5.74) is 0.830. The zero-order valence-electron chi connectivity index (χ0n) is 14.1. The lowest BCUT2D eigenvalue weighted by Crippen LogP contribution is -2.31. The Labute approximate surface area is 147 Å². The van der Waals surface area contributed by atoms with Crippen LogP contribution < -0.4 is 14.8 Å². The Hall–Kier alpha value is -1.76. The topological polar surface area (TPSA) is 81.7 Å². The minimum Gasteiger partial charge on any atom is -0.490 e. The molecule has 2 aliphatic heterocycles. The van der Waals surface area contributed by atoms with Crippen LogP contribution in [0.1, 0.15) is 31.2 Å². The Morgan fingerprint density at radius 3 is 2.76 bits per heavy atom. The maximum Gasteiger partial charge on any atom is 0.223 e. The molecule has 0 radical (unpaired) electrons. The number of nitrogens with one attached hydrogen (secondary N) is 1.